The van der Waals surface area contributed by atoms with Crippen LogP contribution in [0.15, 0.2) is 48.5 Å². The molecule has 1 saturated heterocycles. The molecule has 0 aromatic heterocycles. The number of ether oxygens (including phenoxy) is 1. The molecule has 0 radical (unpaired) electrons. The number of nitrogens with zero attached hydrogens (tertiary/aromatic N) is 2. The second kappa shape index (κ2) is 9.90. The first-order valence-electron chi connectivity index (χ1n) is 9.28. The lowest BCUT2D eigenvalue weighted by atomic mass is 10.2. The number of halogens is 2. The van der Waals surface area contributed by atoms with Crippen LogP contribution in [-0.4, -0.2) is 60.3 Å². The Morgan fingerprint density at radius 3 is 2.30 bits per heavy atom. The molecule has 3 rings (SSSR count). The molecule has 1 atom stereocenters. The largest absolute Gasteiger partial charge is 0.389 e. The molecular formula is C21H26F2N2O2. The SMILES string of the molecule is O[C@H](COCc1ccccc1F)CN1CCN(Cc2ccc(F)cc2)CC1. The van der Waals surface area contributed by atoms with Crippen molar-refractivity contribution in [2.24, 2.45) is 0 Å². The first kappa shape index (κ1) is 19.9. The molecule has 2 aromatic carbocycles. The highest BCUT2D eigenvalue weighted by atomic mass is 19.1. The molecule has 0 saturated carbocycles. The summed E-state index contributed by atoms with van der Waals surface area (Å²) in [5.41, 5.74) is 1.60. The molecule has 0 unspecified atom stereocenters. The van der Waals surface area contributed by atoms with E-state index in [1.54, 1.807) is 18.2 Å². The van der Waals surface area contributed by atoms with Crippen molar-refractivity contribution in [1.82, 2.24) is 9.80 Å². The smallest absolute Gasteiger partial charge is 0.128 e. The van der Waals surface area contributed by atoms with Gasteiger partial charge in [0.05, 0.1) is 19.3 Å². The summed E-state index contributed by atoms with van der Waals surface area (Å²) in [4.78, 5) is 4.53. The number of rotatable bonds is 8. The molecule has 6 heteroatoms. The number of benzene rings is 2. The van der Waals surface area contributed by atoms with Crippen LogP contribution < -0.4 is 0 Å². The van der Waals surface area contributed by atoms with Gasteiger partial charge in [-0.25, -0.2) is 8.78 Å². The summed E-state index contributed by atoms with van der Waals surface area (Å²) in [6.07, 6.45) is -0.597. The van der Waals surface area contributed by atoms with Gasteiger partial charge in [-0.1, -0.05) is 30.3 Å². The minimum atomic E-state index is -0.597. The van der Waals surface area contributed by atoms with Crippen LogP contribution in [0.4, 0.5) is 8.78 Å². The van der Waals surface area contributed by atoms with Crippen molar-refractivity contribution in [3.05, 3.63) is 71.3 Å². The number of aliphatic hydroxyl groups excluding tert-OH is 1. The maximum absolute atomic E-state index is 13.5. The molecule has 1 heterocycles. The Morgan fingerprint density at radius 1 is 0.926 bits per heavy atom. The summed E-state index contributed by atoms with van der Waals surface area (Å²) in [7, 11) is 0. The summed E-state index contributed by atoms with van der Waals surface area (Å²) < 4.78 is 32.0. The zero-order chi connectivity index (χ0) is 19.1. The third kappa shape index (κ3) is 6.36. The predicted molar refractivity (Wildman–Crippen MR) is 100 cm³/mol. The Kier molecular flexibility index (Phi) is 7.29. The molecule has 0 spiro atoms. The van der Waals surface area contributed by atoms with Gasteiger partial charge >= 0.3 is 0 Å². The van der Waals surface area contributed by atoms with Gasteiger partial charge in [0.1, 0.15) is 11.6 Å². The summed E-state index contributed by atoms with van der Waals surface area (Å²) in [6, 6.07) is 13.1. The summed E-state index contributed by atoms with van der Waals surface area (Å²) in [6.45, 7) is 5.24. The lowest BCUT2D eigenvalue weighted by Crippen LogP contribution is -2.48. The standard InChI is InChI=1S/C21H26F2N2O2/c22-19-7-5-17(6-8-19)13-24-9-11-25(12-10-24)14-20(26)16-27-15-18-3-1-2-4-21(18)23/h1-8,20,26H,9-16H2/t20-/m0/s1. The number of β-amino-alcohol motifs (C(OH)–C–C–N with tert-alkyl or cyclic N) is 1. The van der Waals surface area contributed by atoms with E-state index in [1.165, 1.54) is 18.2 Å². The molecule has 1 aliphatic rings. The van der Waals surface area contributed by atoms with Crippen molar-refractivity contribution in [2.45, 2.75) is 19.3 Å². The van der Waals surface area contributed by atoms with Crippen LogP contribution in [0, 0.1) is 11.6 Å². The van der Waals surface area contributed by atoms with Crippen LogP contribution in [0.5, 0.6) is 0 Å². The fourth-order valence-electron chi connectivity index (χ4n) is 3.25. The van der Waals surface area contributed by atoms with E-state index >= 15 is 0 Å². The van der Waals surface area contributed by atoms with Crippen molar-refractivity contribution in [3.63, 3.8) is 0 Å². The average molecular weight is 376 g/mol. The Bertz CT molecular complexity index is 704. The molecule has 1 N–H and O–H groups in total. The molecule has 1 fully saturated rings. The van der Waals surface area contributed by atoms with Crippen LogP contribution in [0.3, 0.4) is 0 Å². The van der Waals surface area contributed by atoms with E-state index < -0.39 is 6.10 Å². The third-order valence-corrected chi connectivity index (χ3v) is 4.78. The quantitative estimate of drug-likeness (QED) is 0.769. The van der Waals surface area contributed by atoms with Crippen molar-refractivity contribution >= 4 is 0 Å². The van der Waals surface area contributed by atoms with Gasteiger partial charge in [0.25, 0.3) is 0 Å². The lowest BCUT2D eigenvalue weighted by molar-refractivity contribution is 0.000254. The van der Waals surface area contributed by atoms with Gasteiger partial charge in [-0.2, -0.15) is 0 Å². The van der Waals surface area contributed by atoms with Gasteiger partial charge in [-0.3, -0.25) is 9.80 Å². The molecule has 0 bridgehead atoms. The molecular weight excluding hydrogens is 350 g/mol. The van der Waals surface area contributed by atoms with Crippen LogP contribution in [0.25, 0.3) is 0 Å². The minimum Gasteiger partial charge on any atom is -0.389 e. The first-order chi connectivity index (χ1) is 13.1. The van der Waals surface area contributed by atoms with Crippen LogP contribution in [-0.2, 0) is 17.9 Å². The number of aliphatic hydroxyl groups is 1. The lowest BCUT2D eigenvalue weighted by Gasteiger charge is -2.35. The number of hydrogen-bond acceptors (Lipinski definition) is 4. The zero-order valence-electron chi connectivity index (χ0n) is 15.4. The third-order valence-electron chi connectivity index (χ3n) is 4.78. The van der Waals surface area contributed by atoms with Crippen molar-refractivity contribution in [3.8, 4) is 0 Å². The number of hydrogen-bond donors (Lipinski definition) is 1. The van der Waals surface area contributed by atoms with Gasteiger partial charge in [0.15, 0.2) is 0 Å². The molecule has 0 aliphatic carbocycles. The summed E-state index contributed by atoms with van der Waals surface area (Å²) in [5, 5.41) is 10.2. The maximum atomic E-state index is 13.5. The highest BCUT2D eigenvalue weighted by Crippen LogP contribution is 2.11. The van der Waals surface area contributed by atoms with E-state index in [0.29, 0.717) is 12.1 Å². The Balaban J connectivity index is 1.33. The van der Waals surface area contributed by atoms with Gasteiger partial charge in [-0.15, -0.1) is 0 Å². The van der Waals surface area contributed by atoms with E-state index in [4.69, 9.17) is 4.74 Å². The van der Waals surface area contributed by atoms with Crippen LogP contribution >= 0.6 is 0 Å². The monoisotopic (exact) mass is 376 g/mol. The van der Waals surface area contributed by atoms with E-state index in [9.17, 15) is 13.9 Å². The van der Waals surface area contributed by atoms with E-state index in [1.807, 2.05) is 12.1 Å². The highest BCUT2D eigenvalue weighted by molar-refractivity contribution is 5.16. The van der Waals surface area contributed by atoms with E-state index in [2.05, 4.69) is 9.80 Å². The Labute approximate surface area is 159 Å². The van der Waals surface area contributed by atoms with Crippen molar-refractivity contribution < 1.29 is 18.6 Å². The highest BCUT2D eigenvalue weighted by Gasteiger charge is 2.19. The zero-order valence-corrected chi connectivity index (χ0v) is 15.4. The van der Waals surface area contributed by atoms with Gasteiger partial charge in [0.2, 0.25) is 0 Å². The average Bonchev–Trinajstić information content (AvgIpc) is 2.67. The fourth-order valence-corrected chi connectivity index (χ4v) is 3.25. The first-order valence-corrected chi connectivity index (χ1v) is 9.28. The fraction of sp³-hybridized carbons (Fsp3) is 0.429. The Hall–Kier alpha value is -1.86. The van der Waals surface area contributed by atoms with E-state index in [0.717, 1.165) is 38.3 Å². The second-order valence-corrected chi connectivity index (χ2v) is 6.96. The molecule has 1 aliphatic heterocycles. The van der Waals surface area contributed by atoms with E-state index in [-0.39, 0.29) is 24.8 Å². The summed E-state index contributed by atoms with van der Waals surface area (Å²) >= 11 is 0. The van der Waals surface area contributed by atoms with Gasteiger partial charge in [0, 0.05) is 44.8 Å². The predicted octanol–water partition coefficient (Wildman–Crippen LogP) is 2.66. The topological polar surface area (TPSA) is 35.9 Å². The van der Waals surface area contributed by atoms with Crippen molar-refractivity contribution in [1.29, 1.82) is 0 Å². The minimum absolute atomic E-state index is 0.162. The second-order valence-electron chi connectivity index (χ2n) is 6.96. The molecule has 4 nitrogen and oxygen atoms in total. The molecule has 2 aromatic rings. The van der Waals surface area contributed by atoms with Crippen LogP contribution in [0.1, 0.15) is 11.1 Å². The molecule has 146 valence electrons. The van der Waals surface area contributed by atoms with Gasteiger partial charge in [-0.05, 0) is 23.8 Å². The molecule has 27 heavy (non-hydrogen) atoms. The molecule has 0 amide bonds. The summed E-state index contributed by atoms with van der Waals surface area (Å²) in [5.74, 6) is -0.501. The normalized spacial score (nSPS) is 17.1. The van der Waals surface area contributed by atoms with Crippen LogP contribution in [0.2, 0.25) is 0 Å². The maximum Gasteiger partial charge on any atom is 0.128 e. The Morgan fingerprint density at radius 2 is 1.59 bits per heavy atom. The van der Waals surface area contributed by atoms with Gasteiger partial charge < -0.3 is 9.84 Å². The van der Waals surface area contributed by atoms with Crippen molar-refractivity contribution in [2.75, 3.05) is 39.3 Å². The number of piperazine rings is 1.